The van der Waals surface area contributed by atoms with Gasteiger partial charge in [0.15, 0.2) is 5.13 Å². The molecule has 4 rings (SSSR count). The highest BCUT2D eigenvalue weighted by atomic mass is 35.5. The zero-order chi connectivity index (χ0) is 22.5. The molecule has 0 aliphatic carbocycles. The highest BCUT2D eigenvalue weighted by Gasteiger charge is 2.14. The summed E-state index contributed by atoms with van der Waals surface area (Å²) in [5.74, 6) is 0.436. The van der Waals surface area contributed by atoms with Crippen molar-refractivity contribution in [3.8, 4) is 17.4 Å². The van der Waals surface area contributed by atoms with E-state index in [4.69, 9.17) is 27.6 Å². The molecule has 0 aliphatic heterocycles. The molecule has 2 aromatic heterocycles. The van der Waals surface area contributed by atoms with Gasteiger partial charge in [0, 0.05) is 39.2 Å². The number of nitrogens with one attached hydrogen (secondary N) is 1. The molecule has 0 fully saturated rings. The second-order valence-electron chi connectivity index (χ2n) is 6.73. The van der Waals surface area contributed by atoms with Crippen LogP contribution in [-0.2, 0) is 11.2 Å². The third-order valence-electron chi connectivity index (χ3n) is 4.50. The van der Waals surface area contributed by atoms with Crippen molar-refractivity contribution in [1.82, 2.24) is 4.98 Å². The lowest BCUT2D eigenvalue weighted by Crippen LogP contribution is -2.13. The molecule has 2 heterocycles. The lowest BCUT2D eigenvalue weighted by Gasteiger charge is -2.01. The second kappa shape index (κ2) is 9.84. The molecule has 0 saturated heterocycles. The van der Waals surface area contributed by atoms with Crippen LogP contribution >= 0.6 is 34.5 Å². The Morgan fingerprint density at radius 3 is 2.66 bits per heavy atom. The van der Waals surface area contributed by atoms with Crippen LogP contribution in [0.4, 0.5) is 5.13 Å². The fourth-order valence-corrected chi connectivity index (χ4v) is 4.09. The third-order valence-corrected chi connectivity index (χ3v) is 6.04. The number of carbonyl (C=O) groups excluding carboxylic acids is 1. The molecule has 32 heavy (non-hydrogen) atoms. The molecule has 1 amide bonds. The largest absolute Gasteiger partial charge is 0.457 e. The predicted octanol–water partition coefficient (Wildman–Crippen LogP) is 6.85. The highest BCUT2D eigenvalue weighted by Crippen LogP contribution is 2.26. The maximum atomic E-state index is 12.6. The molecule has 0 radical (unpaired) electrons. The summed E-state index contributed by atoms with van der Waals surface area (Å²) in [6.45, 7) is 0. The topological polar surface area (TPSA) is 78.9 Å². The number of hydrogen-bond acceptors (Lipinski definition) is 5. The van der Waals surface area contributed by atoms with E-state index in [9.17, 15) is 10.1 Å². The Balaban J connectivity index is 1.45. The second-order valence-corrected chi connectivity index (χ2v) is 8.69. The minimum absolute atomic E-state index is 0.0927. The standard InChI is InChI=1S/C24H15Cl2N3O2S/c25-18-7-5-15(6-8-18)22-10-9-19(31-22)11-17(13-27)23(30)29-24-28-14-20(32-24)12-16-3-1-2-4-21(16)26/h1-11,14H,12H2,(H,28,29,30). The molecule has 0 aliphatic rings. The van der Waals surface area contributed by atoms with Crippen molar-refractivity contribution in [3.05, 3.63) is 98.7 Å². The van der Waals surface area contributed by atoms with Gasteiger partial charge < -0.3 is 4.42 Å². The summed E-state index contributed by atoms with van der Waals surface area (Å²) in [6, 6.07) is 20.1. The molecular formula is C24H15Cl2N3O2S. The first kappa shape index (κ1) is 21.8. The summed E-state index contributed by atoms with van der Waals surface area (Å²) < 4.78 is 5.75. The van der Waals surface area contributed by atoms with Gasteiger partial charge in [0.2, 0.25) is 0 Å². The van der Waals surface area contributed by atoms with Gasteiger partial charge >= 0.3 is 0 Å². The third kappa shape index (κ3) is 5.27. The summed E-state index contributed by atoms with van der Waals surface area (Å²) in [5, 5.41) is 13.8. The molecule has 0 spiro atoms. The van der Waals surface area contributed by atoms with Crippen LogP contribution in [0.15, 0.2) is 76.9 Å². The molecule has 0 bridgehead atoms. The van der Waals surface area contributed by atoms with E-state index in [0.717, 1.165) is 16.0 Å². The van der Waals surface area contributed by atoms with Gasteiger partial charge in [-0.2, -0.15) is 5.26 Å². The number of rotatable bonds is 6. The van der Waals surface area contributed by atoms with Crippen molar-refractivity contribution in [1.29, 1.82) is 5.26 Å². The number of amides is 1. The number of benzene rings is 2. The number of hydrogen-bond donors (Lipinski definition) is 1. The molecule has 0 atom stereocenters. The number of thiazole rings is 1. The Morgan fingerprint density at radius 2 is 1.91 bits per heavy atom. The fourth-order valence-electron chi connectivity index (χ4n) is 2.93. The zero-order valence-corrected chi connectivity index (χ0v) is 18.8. The number of halogens is 2. The van der Waals surface area contributed by atoms with Crippen molar-refractivity contribution in [3.63, 3.8) is 0 Å². The van der Waals surface area contributed by atoms with Gasteiger partial charge in [0.1, 0.15) is 23.2 Å². The van der Waals surface area contributed by atoms with E-state index in [1.54, 1.807) is 30.5 Å². The van der Waals surface area contributed by atoms with Crippen LogP contribution in [-0.4, -0.2) is 10.9 Å². The number of nitrogens with zero attached hydrogens (tertiary/aromatic N) is 2. The summed E-state index contributed by atoms with van der Waals surface area (Å²) in [4.78, 5) is 17.7. The van der Waals surface area contributed by atoms with Gasteiger partial charge in [-0.3, -0.25) is 10.1 Å². The monoisotopic (exact) mass is 479 g/mol. The zero-order valence-electron chi connectivity index (χ0n) is 16.5. The van der Waals surface area contributed by atoms with Crippen molar-refractivity contribution in [2.45, 2.75) is 6.42 Å². The molecule has 5 nitrogen and oxygen atoms in total. The van der Waals surface area contributed by atoms with Gasteiger partial charge in [-0.25, -0.2) is 4.98 Å². The van der Waals surface area contributed by atoms with E-state index in [-0.39, 0.29) is 5.57 Å². The summed E-state index contributed by atoms with van der Waals surface area (Å²) in [5.41, 5.74) is 1.72. The Kier molecular flexibility index (Phi) is 6.72. The average Bonchev–Trinajstić information content (AvgIpc) is 3.43. The number of aromatic nitrogens is 1. The molecular weight excluding hydrogens is 465 g/mol. The van der Waals surface area contributed by atoms with Gasteiger partial charge in [0.25, 0.3) is 5.91 Å². The summed E-state index contributed by atoms with van der Waals surface area (Å²) in [6.07, 6.45) is 3.69. The predicted molar refractivity (Wildman–Crippen MR) is 128 cm³/mol. The first-order valence-corrected chi connectivity index (χ1v) is 11.1. The van der Waals surface area contributed by atoms with Crippen LogP contribution < -0.4 is 5.32 Å². The van der Waals surface area contributed by atoms with Crippen molar-refractivity contribution in [2.75, 3.05) is 5.32 Å². The van der Waals surface area contributed by atoms with Crippen LogP contribution in [0.25, 0.3) is 17.4 Å². The number of anilines is 1. The molecule has 158 valence electrons. The lowest BCUT2D eigenvalue weighted by molar-refractivity contribution is -0.112. The molecule has 0 saturated carbocycles. The Hall–Kier alpha value is -3.37. The summed E-state index contributed by atoms with van der Waals surface area (Å²) in [7, 11) is 0. The molecule has 2 aromatic carbocycles. The number of carbonyl (C=O) groups is 1. The van der Waals surface area contributed by atoms with Gasteiger partial charge in [-0.05, 0) is 48.0 Å². The normalized spacial score (nSPS) is 11.2. The minimum atomic E-state index is -0.560. The smallest absolute Gasteiger partial charge is 0.268 e. The van der Waals surface area contributed by atoms with E-state index in [2.05, 4.69) is 10.3 Å². The van der Waals surface area contributed by atoms with Gasteiger partial charge in [0.05, 0.1) is 0 Å². The maximum absolute atomic E-state index is 12.6. The van der Waals surface area contributed by atoms with Crippen LogP contribution in [0, 0.1) is 11.3 Å². The van der Waals surface area contributed by atoms with Crippen molar-refractivity contribution in [2.24, 2.45) is 0 Å². The van der Waals surface area contributed by atoms with Crippen LogP contribution in [0.1, 0.15) is 16.2 Å². The Labute approximate surface area is 198 Å². The van der Waals surface area contributed by atoms with Crippen LogP contribution in [0.5, 0.6) is 0 Å². The average molecular weight is 480 g/mol. The molecule has 4 aromatic rings. The van der Waals surface area contributed by atoms with Gasteiger partial charge in [-0.1, -0.05) is 41.4 Å². The van der Waals surface area contributed by atoms with E-state index in [0.29, 0.717) is 33.1 Å². The van der Waals surface area contributed by atoms with E-state index < -0.39 is 5.91 Å². The fraction of sp³-hybridized carbons (Fsp3) is 0.0417. The maximum Gasteiger partial charge on any atom is 0.268 e. The first-order valence-electron chi connectivity index (χ1n) is 9.49. The van der Waals surface area contributed by atoms with E-state index >= 15 is 0 Å². The van der Waals surface area contributed by atoms with Crippen molar-refractivity contribution >= 4 is 51.7 Å². The lowest BCUT2D eigenvalue weighted by atomic mass is 10.1. The summed E-state index contributed by atoms with van der Waals surface area (Å²) >= 11 is 13.4. The van der Waals surface area contributed by atoms with Crippen LogP contribution in [0.2, 0.25) is 10.0 Å². The van der Waals surface area contributed by atoms with E-state index in [1.165, 1.54) is 17.4 Å². The quantitative estimate of drug-likeness (QED) is 0.242. The van der Waals surface area contributed by atoms with Crippen molar-refractivity contribution < 1.29 is 9.21 Å². The number of furan rings is 1. The molecule has 1 N–H and O–H groups in total. The SMILES string of the molecule is N#CC(=Cc1ccc(-c2ccc(Cl)cc2)o1)C(=O)Nc1ncc(Cc2ccccc2Cl)s1. The Morgan fingerprint density at radius 1 is 1.12 bits per heavy atom. The molecule has 8 heteroatoms. The highest BCUT2D eigenvalue weighted by molar-refractivity contribution is 7.15. The number of nitriles is 1. The van der Waals surface area contributed by atoms with Gasteiger partial charge in [-0.15, -0.1) is 11.3 Å². The van der Waals surface area contributed by atoms with E-state index in [1.807, 2.05) is 42.5 Å². The van der Waals surface area contributed by atoms with Crippen LogP contribution in [0.3, 0.4) is 0 Å². The Bertz CT molecular complexity index is 1330. The minimum Gasteiger partial charge on any atom is -0.457 e. The first-order chi connectivity index (χ1) is 15.5. The molecule has 0 unspecified atom stereocenters.